The molecule has 0 saturated carbocycles. The number of amides is 1. The number of phenolic OH excluding ortho intramolecular Hbond substituents is 2. The molecule has 0 radical (unpaired) electrons. The highest BCUT2D eigenvalue weighted by molar-refractivity contribution is 7.80. The van der Waals surface area contributed by atoms with E-state index in [4.69, 9.17) is 0 Å². The number of carbonyl (C=O) groups is 1. The molecule has 0 atom stereocenters. The predicted octanol–water partition coefficient (Wildman–Crippen LogP) is 3.23. The van der Waals surface area contributed by atoms with Crippen molar-refractivity contribution in [2.45, 2.75) is 25.2 Å². The molecule has 1 amide bonds. The first-order chi connectivity index (χ1) is 11.5. The third-order valence-electron chi connectivity index (χ3n) is 4.29. The van der Waals surface area contributed by atoms with Crippen LogP contribution < -0.4 is 5.32 Å². The van der Waals surface area contributed by atoms with Gasteiger partial charge in [0.25, 0.3) is 0 Å². The van der Waals surface area contributed by atoms with Crippen LogP contribution in [0.4, 0.5) is 0 Å². The van der Waals surface area contributed by atoms with Crippen LogP contribution in [0.15, 0.2) is 48.5 Å². The van der Waals surface area contributed by atoms with Crippen molar-refractivity contribution in [2.24, 2.45) is 0 Å². The van der Waals surface area contributed by atoms with Gasteiger partial charge in [0.15, 0.2) is 0 Å². The van der Waals surface area contributed by atoms with Gasteiger partial charge in [0.1, 0.15) is 11.5 Å². The summed E-state index contributed by atoms with van der Waals surface area (Å²) in [5.41, 5.74) is 1.61. The lowest BCUT2D eigenvalue weighted by molar-refractivity contribution is -0.121. The van der Waals surface area contributed by atoms with E-state index >= 15 is 0 Å². The zero-order valence-corrected chi connectivity index (χ0v) is 14.6. The monoisotopic (exact) mass is 345 g/mol. The van der Waals surface area contributed by atoms with Crippen LogP contribution in [0.2, 0.25) is 0 Å². The molecule has 0 aliphatic carbocycles. The second-order valence-electron chi connectivity index (χ2n) is 6.00. The van der Waals surface area contributed by atoms with Crippen molar-refractivity contribution in [1.82, 2.24) is 5.32 Å². The Balaban J connectivity index is 2.28. The van der Waals surface area contributed by atoms with E-state index in [0.717, 1.165) is 11.1 Å². The van der Waals surface area contributed by atoms with Gasteiger partial charge in [-0.2, -0.15) is 12.6 Å². The van der Waals surface area contributed by atoms with E-state index in [1.807, 2.05) is 24.3 Å². The van der Waals surface area contributed by atoms with E-state index in [1.165, 1.54) is 0 Å². The molecular formula is C19H23NO3S. The number of hydrogen-bond acceptors (Lipinski definition) is 4. The molecule has 4 nitrogen and oxygen atoms in total. The molecule has 0 bridgehead atoms. The molecule has 0 spiro atoms. The van der Waals surface area contributed by atoms with Crippen LogP contribution in [0, 0.1) is 0 Å². The zero-order valence-electron chi connectivity index (χ0n) is 13.7. The quantitative estimate of drug-likeness (QED) is 0.582. The molecule has 0 unspecified atom stereocenters. The summed E-state index contributed by atoms with van der Waals surface area (Å²) in [6.07, 6.45) is 0.993. The summed E-state index contributed by atoms with van der Waals surface area (Å²) in [5, 5.41) is 21.9. The first-order valence-electron chi connectivity index (χ1n) is 7.92. The molecule has 0 saturated heterocycles. The maximum absolute atomic E-state index is 12.0. The van der Waals surface area contributed by atoms with Gasteiger partial charge in [0, 0.05) is 24.1 Å². The average molecular weight is 345 g/mol. The van der Waals surface area contributed by atoms with Gasteiger partial charge in [-0.3, -0.25) is 4.79 Å². The number of benzene rings is 2. The molecule has 24 heavy (non-hydrogen) atoms. The third-order valence-corrected chi connectivity index (χ3v) is 4.52. The lowest BCUT2D eigenvalue weighted by Crippen LogP contribution is -2.30. The van der Waals surface area contributed by atoms with E-state index in [-0.39, 0.29) is 17.4 Å². The van der Waals surface area contributed by atoms with E-state index in [2.05, 4.69) is 24.9 Å². The Labute approximate surface area is 147 Å². The first kappa shape index (κ1) is 18.2. The molecule has 0 aromatic heterocycles. The average Bonchev–Trinajstić information content (AvgIpc) is 2.59. The van der Waals surface area contributed by atoms with Crippen LogP contribution in [-0.2, 0) is 10.2 Å². The van der Waals surface area contributed by atoms with E-state index in [9.17, 15) is 15.0 Å². The number of aromatic hydroxyl groups is 2. The molecule has 2 rings (SSSR count). The molecule has 2 aromatic carbocycles. The molecule has 0 heterocycles. The fourth-order valence-corrected chi connectivity index (χ4v) is 2.87. The van der Waals surface area contributed by atoms with E-state index in [1.54, 1.807) is 24.3 Å². The van der Waals surface area contributed by atoms with Crippen molar-refractivity contribution in [1.29, 1.82) is 0 Å². The Morgan fingerprint density at radius 2 is 1.46 bits per heavy atom. The Morgan fingerprint density at radius 1 is 1.00 bits per heavy atom. The van der Waals surface area contributed by atoms with Crippen LogP contribution in [0.3, 0.4) is 0 Å². The summed E-state index contributed by atoms with van der Waals surface area (Å²) < 4.78 is 0. The van der Waals surface area contributed by atoms with Gasteiger partial charge in [0.05, 0.1) is 0 Å². The minimum atomic E-state index is -0.403. The predicted molar refractivity (Wildman–Crippen MR) is 98.8 cm³/mol. The van der Waals surface area contributed by atoms with Gasteiger partial charge in [-0.05, 0) is 41.8 Å². The molecule has 0 aliphatic rings. The van der Waals surface area contributed by atoms with Gasteiger partial charge >= 0.3 is 0 Å². The van der Waals surface area contributed by atoms with Gasteiger partial charge in [-0.1, -0.05) is 31.2 Å². The van der Waals surface area contributed by atoms with E-state index in [0.29, 0.717) is 25.1 Å². The molecule has 3 N–H and O–H groups in total. The molecule has 128 valence electrons. The lowest BCUT2D eigenvalue weighted by atomic mass is 9.73. The van der Waals surface area contributed by atoms with Crippen LogP contribution >= 0.6 is 12.6 Å². The Bertz CT molecular complexity index is 623. The first-order valence-corrected chi connectivity index (χ1v) is 8.55. The van der Waals surface area contributed by atoms with Gasteiger partial charge < -0.3 is 15.5 Å². The normalized spacial score (nSPS) is 11.2. The fraction of sp³-hybridized carbons (Fsp3) is 0.316. The summed E-state index contributed by atoms with van der Waals surface area (Å²) in [7, 11) is 0. The van der Waals surface area contributed by atoms with Crippen molar-refractivity contribution < 1.29 is 15.0 Å². The number of nitrogens with one attached hydrogen (secondary N) is 1. The summed E-state index contributed by atoms with van der Waals surface area (Å²) >= 11 is 4.09. The maximum atomic E-state index is 12.0. The number of hydrogen-bond donors (Lipinski definition) is 4. The second-order valence-corrected chi connectivity index (χ2v) is 6.45. The van der Waals surface area contributed by atoms with Gasteiger partial charge in [-0.15, -0.1) is 0 Å². The molecule has 2 aromatic rings. The van der Waals surface area contributed by atoms with Crippen LogP contribution in [0.1, 0.15) is 30.9 Å². The minimum absolute atomic E-state index is 0.00664. The fourth-order valence-electron chi connectivity index (χ4n) is 2.76. The molecule has 5 heteroatoms. The van der Waals surface area contributed by atoms with Crippen LogP contribution in [0.5, 0.6) is 11.5 Å². The zero-order chi connectivity index (χ0) is 17.6. The molecule has 0 fully saturated rings. The highest BCUT2D eigenvalue weighted by Gasteiger charge is 2.29. The van der Waals surface area contributed by atoms with Gasteiger partial charge in [-0.25, -0.2) is 0 Å². The smallest absolute Gasteiger partial charge is 0.220 e. The number of phenols is 2. The summed E-state index contributed by atoms with van der Waals surface area (Å²) in [4.78, 5) is 12.0. The molecular weight excluding hydrogens is 322 g/mol. The van der Waals surface area contributed by atoms with Crippen LogP contribution in [0.25, 0.3) is 0 Å². The highest BCUT2D eigenvalue weighted by Crippen LogP contribution is 2.37. The molecule has 0 aliphatic heterocycles. The van der Waals surface area contributed by atoms with Crippen molar-refractivity contribution in [2.75, 3.05) is 12.3 Å². The van der Waals surface area contributed by atoms with Crippen LogP contribution in [-0.4, -0.2) is 28.4 Å². The minimum Gasteiger partial charge on any atom is -0.508 e. The second kappa shape index (κ2) is 8.11. The summed E-state index contributed by atoms with van der Waals surface area (Å²) in [6, 6.07) is 14.1. The van der Waals surface area contributed by atoms with Gasteiger partial charge in [0.2, 0.25) is 5.91 Å². The number of carbonyl (C=O) groups excluding carboxylic acids is 1. The third kappa shape index (κ3) is 4.45. The summed E-state index contributed by atoms with van der Waals surface area (Å²) in [6.45, 7) is 2.62. The van der Waals surface area contributed by atoms with E-state index < -0.39 is 5.41 Å². The highest BCUT2D eigenvalue weighted by atomic mass is 32.1. The van der Waals surface area contributed by atoms with Crippen molar-refractivity contribution in [3.05, 3.63) is 59.7 Å². The van der Waals surface area contributed by atoms with Crippen molar-refractivity contribution in [3.63, 3.8) is 0 Å². The maximum Gasteiger partial charge on any atom is 0.220 e. The number of thiol groups is 1. The number of rotatable bonds is 7. The Morgan fingerprint density at radius 3 is 1.88 bits per heavy atom. The standard InChI is InChI=1S/C19H23NO3S/c1-19(11-10-18(23)20-12-13-24,14-2-6-16(21)7-3-14)15-4-8-17(22)9-5-15/h2-9,21-22,24H,10-13H2,1H3,(H,20,23). The largest absolute Gasteiger partial charge is 0.508 e. The SMILES string of the molecule is CC(CCC(=O)NCCS)(c1ccc(O)cc1)c1ccc(O)cc1. The lowest BCUT2D eigenvalue weighted by Gasteiger charge is -2.31. The van der Waals surface area contributed by atoms with Crippen molar-refractivity contribution >= 4 is 18.5 Å². The summed E-state index contributed by atoms with van der Waals surface area (Å²) in [5.74, 6) is 1.02. The van der Waals surface area contributed by atoms with Crippen molar-refractivity contribution in [3.8, 4) is 11.5 Å². The Hall–Kier alpha value is -2.14. The topological polar surface area (TPSA) is 69.6 Å². The Kier molecular flexibility index (Phi) is 6.15.